The maximum atomic E-state index is 12.9. The van der Waals surface area contributed by atoms with Crippen LogP contribution in [0, 0.1) is 22.5 Å². The summed E-state index contributed by atoms with van der Waals surface area (Å²) < 4.78 is 54.5. The van der Waals surface area contributed by atoms with Gasteiger partial charge in [0.15, 0.2) is 12.2 Å². The normalized spacial score (nSPS) is 30.9. The molecule has 2 bridgehead atoms. The highest BCUT2D eigenvalue weighted by atomic mass is 127. The first-order chi connectivity index (χ1) is 14.5. The van der Waals surface area contributed by atoms with Crippen molar-refractivity contribution in [3.63, 3.8) is 0 Å². The van der Waals surface area contributed by atoms with Crippen molar-refractivity contribution in [1.29, 1.82) is 0 Å². The van der Waals surface area contributed by atoms with Crippen LogP contribution in [-0.4, -0.2) is 67.7 Å². The molecule has 3 saturated heterocycles. The summed E-state index contributed by atoms with van der Waals surface area (Å²) in [6, 6.07) is 3.58. The number of halogens is 3. The van der Waals surface area contributed by atoms with Gasteiger partial charge in [-0.05, 0) is 79.9 Å². The molecule has 10 nitrogen and oxygen atoms in total. The Morgan fingerprint density at radius 2 is 1.84 bits per heavy atom. The molecule has 0 radical (unpaired) electrons. The standard InChI is InChI=1S/C17H13I3O10S/c18-5-3-6(10(20)7(19)4-5)15(21)29-13-11-8(16(22)27-1-2-31(24,25)26)9-12(28-11)14(13)30-17(9)23/h3-4,8-9,11-14H,1-2H2,(H,24,25,26). The molecule has 0 saturated carbocycles. The predicted molar refractivity (Wildman–Crippen MR) is 127 cm³/mol. The lowest BCUT2D eigenvalue weighted by Gasteiger charge is -2.27. The molecule has 4 rings (SSSR count). The first kappa shape index (κ1) is 23.8. The summed E-state index contributed by atoms with van der Waals surface area (Å²) >= 11 is 6.23. The number of hydrogen-bond acceptors (Lipinski definition) is 9. The van der Waals surface area contributed by atoms with Crippen LogP contribution in [0.25, 0.3) is 0 Å². The lowest BCUT2D eigenvalue weighted by Crippen LogP contribution is -2.48. The summed E-state index contributed by atoms with van der Waals surface area (Å²) in [7, 11) is -4.32. The second kappa shape index (κ2) is 8.80. The van der Waals surface area contributed by atoms with E-state index in [2.05, 4.69) is 45.2 Å². The highest BCUT2D eigenvalue weighted by Gasteiger charge is 2.72. The van der Waals surface area contributed by atoms with Crippen LogP contribution in [0.15, 0.2) is 12.1 Å². The number of carbonyl (C=O) groups excluding carboxylic acids is 3. The zero-order chi connectivity index (χ0) is 22.7. The number of fused-ring (bicyclic) bond motifs is 1. The van der Waals surface area contributed by atoms with E-state index < -0.39 is 76.6 Å². The summed E-state index contributed by atoms with van der Waals surface area (Å²) in [5, 5.41) is 0. The van der Waals surface area contributed by atoms with Gasteiger partial charge >= 0.3 is 17.9 Å². The Kier molecular flexibility index (Phi) is 6.77. The Bertz CT molecular complexity index is 1070. The lowest BCUT2D eigenvalue weighted by molar-refractivity contribution is -0.155. The fraction of sp³-hybridized carbons (Fsp3) is 0.471. The molecule has 1 aromatic carbocycles. The van der Waals surface area contributed by atoms with Crippen molar-refractivity contribution in [3.05, 3.63) is 28.4 Å². The fourth-order valence-corrected chi connectivity index (χ4v) is 6.64. The third kappa shape index (κ3) is 4.56. The first-order valence-corrected chi connectivity index (χ1v) is 13.7. The Balaban J connectivity index is 1.53. The van der Waals surface area contributed by atoms with Gasteiger partial charge in [-0.2, -0.15) is 8.42 Å². The highest BCUT2D eigenvalue weighted by Crippen LogP contribution is 2.51. The van der Waals surface area contributed by atoms with E-state index in [4.69, 9.17) is 23.5 Å². The Labute approximate surface area is 217 Å². The fourth-order valence-electron chi connectivity index (χ4n) is 3.97. The average Bonchev–Trinajstić information content (AvgIpc) is 3.27. The van der Waals surface area contributed by atoms with E-state index in [1.807, 2.05) is 28.7 Å². The van der Waals surface area contributed by atoms with Gasteiger partial charge in [-0.15, -0.1) is 0 Å². The van der Waals surface area contributed by atoms with Gasteiger partial charge in [0, 0.05) is 10.7 Å². The molecule has 0 spiro atoms. The third-order valence-corrected chi connectivity index (χ3v) is 9.57. The van der Waals surface area contributed by atoms with Crippen LogP contribution in [0.3, 0.4) is 0 Å². The third-order valence-electron chi connectivity index (χ3n) is 5.22. The summed E-state index contributed by atoms with van der Waals surface area (Å²) in [4.78, 5) is 37.7. The smallest absolute Gasteiger partial charge is 0.339 e. The van der Waals surface area contributed by atoms with Crippen molar-refractivity contribution >= 4 is 95.8 Å². The number of esters is 3. The Morgan fingerprint density at radius 3 is 2.52 bits per heavy atom. The van der Waals surface area contributed by atoms with E-state index in [-0.39, 0.29) is 0 Å². The molecule has 1 aromatic rings. The minimum atomic E-state index is -4.32. The number of rotatable bonds is 6. The monoisotopic (exact) mass is 790 g/mol. The second-order valence-electron chi connectivity index (χ2n) is 7.09. The predicted octanol–water partition coefficient (Wildman–Crippen LogP) is 1.40. The van der Waals surface area contributed by atoms with Crippen LogP contribution in [-0.2, 0) is 38.7 Å². The van der Waals surface area contributed by atoms with E-state index in [1.54, 1.807) is 6.07 Å². The maximum Gasteiger partial charge on any atom is 0.339 e. The number of ether oxygens (including phenoxy) is 4. The molecule has 3 aliphatic heterocycles. The zero-order valence-electron chi connectivity index (χ0n) is 15.2. The summed E-state index contributed by atoms with van der Waals surface area (Å²) in [6.07, 6.45) is -3.56. The van der Waals surface area contributed by atoms with Crippen molar-refractivity contribution in [2.45, 2.75) is 24.4 Å². The van der Waals surface area contributed by atoms with E-state index in [9.17, 15) is 22.8 Å². The molecule has 6 atom stereocenters. The number of hydrogen-bond donors (Lipinski definition) is 1. The first-order valence-electron chi connectivity index (χ1n) is 8.81. The van der Waals surface area contributed by atoms with Gasteiger partial charge in [0.2, 0.25) is 0 Å². The maximum absolute atomic E-state index is 12.9. The van der Waals surface area contributed by atoms with Crippen molar-refractivity contribution < 1.29 is 46.3 Å². The summed E-state index contributed by atoms with van der Waals surface area (Å²) in [5.74, 6) is -4.98. The van der Waals surface area contributed by atoms with Crippen LogP contribution < -0.4 is 0 Å². The molecule has 3 heterocycles. The molecular formula is C17H13I3O10S. The summed E-state index contributed by atoms with van der Waals surface area (Å²) in [5.41, 5.74) is 0.341. The second-order valence-corrected chi connectivity index (χ2v) is 12.1. The quantitative estimate of drug-likeness (QED) is 0.148. The van der Waals surface area contributed by atoms with E-state index >= 15 is 0 Å². The largest absolute Gasteiger partial charge is 0.464 e. The van der Waals surface area contributed by atoms with Crippen LogP contribution in [0.2, 0.25) is 0 Å². The van der Waals surface area contributed by atoms with Crippen LogP contribution in [0.5, 0.6) is 0 Å². The molecule has 14 heteroatoms. The zero-order valence-corrected chi connectivity index (χ0v) is 22.5. The molecule has 31 heavy (non-hydrogen) atoms. The molecule has 6 unspecified atom stereocenters. The van der Waals surface area contributed by atoms with Crippen molar-refractivity contribution in [2.75, 3.05) is 12.4 Å². The average molecular weight is 790 g/mol. The van der Waals surface area contributed by atoms with Crippen molar-refractivity contribution in [1.82, 2.24) is 0 Å². The minimum absolute atomic E-state index is 0.341. The van der Waals surface area contributed by atoms with Crippen molar-refractivity contribution in [2.24, 2.45) is 11.8 Å². The Morgan fingerprint density at radius 1 is 1.13 bits per heavy atom. The van der Waals surface area contributed by atoms with Crippen LogP contribution >= 0.6 is 67.8 Å². The van der Waals surface area contributed by atoms with Gasteiger partial charge < -0.3 is 18.9 Å². The summed E-state index contributed by atoms with van der Waals surface area (Å²) in [6.45, 7) is -0.583. The van der Waals surface area contributed by atoms with E-state index in [0.717, 1.165) is 7.14 Å². The van der Waals surface area contributed by atoms with Gasteiger partial charge in [-0.25, -0.2) is 4.79 Å². The molecular weight excluding hydrogens is 777 g/mol. The molecule has 168 valence electrons. The molecule has 0 amide bonds. The van der Waals surface area contributed by atoms with Gasteiger partial charge in [0.25, 0.3) is 10.1 Å². The van der Waals surface area contributed by atoms with Gasteiger partial charge in [0.05, 0.1) is 5.56 Å². The van der Waals surface area contributed by atoms with Crippen LogP contribution in [0.1, 0.15) is 10.4 Å². The topological polar surface area (TPSA) is 142 Å². The molecule has 3 fully saturated rings. The van der Waals surface area contributed by atoms with Gasteiger partial charge in [0.1, 0.15) is 36.4 Å². The molecule has 1 N–H and O–H groups in total. The molecule has 0 aliphatic carbocycles. The number of carbonyl (C=O) groups is 3. The molecule has 0 aromatic heterocycles. The minimum Gasteiger partial charge on any atom is -0.464 e. The Hall–Kier alpha value is -0.310. The van der Waals surface area contributed by atoms with Gasteiger partial charge in [-0.3, -0.25) is 14.1 Å². The highest BCUT2D eigenvalue weighted by molar-refractivity contribution is 14.1. The number of benzene rings is 1. The SMILES string of the molecule is O=C(OC1C2OC(=O)C3C2OC1C3C(=O)OCCS(=O)(=O)O)c1cc(I)cc(I)c1I. The van der Waals surface area contributed by atoms with E-state index in [1.165, 1.54) is 0 Å². The van der Waals surface area contributed by atoms with Gasteiger partial charge in [-0.1, -0.05) is 0 Å². The van der Waals surface area contributed by atoms with Crippen LogP contribution in [0.4, 0.5) is 0 Å². The van der Waals surface area contributed by atoms with E-state index in [0.29, 0.717) is 9.13 Å². The molecule has 3 aliphatic rings. The van der Waals surface area contributed by atoms with Crippen molar-refractivity contribution in [3.8, 4) is 0 Å². The lowest BCUT2D eigenvalue weighted by atomic mass is 9.78.